The summed E-state index contributed by atoms with van der Waals surface area (Å²) < 4.78 is 34.7. The number of hydrogen-bond acceptors (Lipinski definition) is 18. The summed E-state index contributed by atoms with van der Waals surface area (Å²) in [5.74, 6) is -2.12. The van der Waals surface area contributed by atoms with E-state index in [1.165, 1.54) is 5.57 Å². The van der Waals surface area contributed by atoms with Gasteiger partial charge in [0.2, 0.25) is 6.29 Å². The zero-order valence-corrected chi connectivity index (χ0v) is 39.7. The predicted octanol–water partition coefficient (Wildman–Crippen LogP) is 0.0887. The van der Waals surface area contributed by atoms with Crippen molar-refractivity contribution in [1.29, 1.82) is 0 Å². The minimum Gasteiger partial charge on any atom is -0.479 e. The molecule has 19 heteroatoms. The van der Waals surface area contributed by atoms with Gasteiger partial charge in [-0.15, -0.1) is 0 Å². The molecule has 0 bridgehead atoms. The molecule has 3 aliphatic heterocycles. The lowest BCUT2D eigenvalue weighted by Gasteiger charge is -2.71. The Morgan fingerprint density at radius 2 is 1.28 bits per heavy atom. The molecule has 0 aromatic heterocycles. The fourth-order valence-corrected chi connectivity index (χ4v) is 15.1. The number of carbonyl (C=O) groups excluding carboxylic acids is 1. The van der Waals surface area contributed by atoms with Crippen molar-refractivity contribution in [3.63, 3.8) is 0 Å². The number of ether oxygens (including phenoxy) is 6. The first-order chi connectivity index (χ1) is 31.2. The Hall–Kier alpha value is -1.92. The lowest BCUT2D eigenvalue weighted by molar-refractivity contribution is -0.327. The van der Waals surface area contributed by atoms with Crippen LogP contribution in [-0.4, -0.2) is 180 Å². The normalized spacial score (nSPS) is 52.6. The zero-order valence-electron chi connectivity index (χ0n) is 39.7. The summed E-state index contributed by atoms with van der Waals surface area (Å²) in [6, 6.07) is 0. The van der Waals surface area contributed by atoms with Crippen molar-refractivity contribution < 1.29 is 94.2 Å². The number of carboxylic acids is 1. The quantitative estimate of drug-likeness (QED) is 0.0829. The second-order valence-corrected chi connectivity index (χ2v) is 23.5. The maximum atomic E-state index is 14.5. The van der Waals surface area contributed by atoms with Crippen LogP contribution < -0.4 is 0 Å². The summed E-state index contributed by atoms with van der Waals surface area (Å²) in [6.45, 7) is 14.7. The van der Waals surface area contributed by atoms with Gasteiger partial charge in [-0.25, -0.2) is 4.79 Å². The highest BCUT2D eigenvalue weighted by Gasteiger charge is 2.68. The van der Waals surface area contributed by atoms with E-state index in [0.29, 0.717) is 18.8 Å². The van der Waals surface area contributed by atoms with Gasteiger partial charge >= 0.3 is 11.9 Å². The van der Waals surface area contributed by atoms with Crippen molar-refractivity contribution in [2.45, 2.75) is 204 Å². The van der Waals surface area contributed by atoms with Gasteiger partial charge in [-0.2, -0.15) is 0 Å². The monoisotopic (exact) mass is 956 g/mol. The van der Waals surface area contributed by atoms with Gasteiger partial charge in [0.1, 0.15) is 67.1 Å². The van der Waals surface area contributed by atoms with Gasteiger partial charge in [-0.3, -0.25) is 4.79 Å². The fraction of sp³-hybridized carbons (Fsp3) is 0.917. The standard InChI is InChI=1S/C48H76O19/c1-44(2)16-21-20(22(17-44)40(61)67-42-36(57)32(53)30(51)25(64-42)19-62-41-35(56)31(52)29(50)24(18-49)63-41)10-14-47(6)23(21)8-9-27-46(5)13-12-28(45(3,4)26(46)11-15-48(27,47)7)65-43-37(58)33(54)34(55)38(66-43)39(59)60/h8,20-22,24-38,41-43,49-58H,9-19H2,1-7H3,(H,59,60)/t20-,21-,22+,24-,25-,26+,27-,28-,29-,30-,31+,32+,33+,34+,35-,36-,37-,38+,41-,42+,43-,46+,47-,48-/m1/s1. The van der Waals surface area contributed by atoms with E-state index in [2.05, 4.69) is 54.5 Å². The number of hydrogen-bond donors (Lipinski definition) is 11. The van der Waals surface area contributed by atoms with Crippen LogP contribution in [-0.2, 0) is 38.0 Å². The molecule has 0 aromatic rings. The van der Waals surface area contributed by atoms with E-state index < -0.39 is 135 Å². The number of allylic oxidation sites excluding steroid dienone is 2. The summed E-state index contributed by atoms with van der Waals surface area (Å²) >= 11 is 0. The highest BCUT2D eigenvalue weighted by Crippen LogP contribution is 2.75. The molecule has 24 atom stereocenters. The van der Waals surface area contributed by atoms with E-state index in [1.807, 2.05) is 0 Å². The summed E-state index contributed by atoms with van der Waals surface area (Å²) in [6.07, 6.45) is -15.5. The lowest BCUT2D eigenvalue weighted by atomic mass is 9.34. The molecule has 4 saturated carbocycles. The SMILES string of the molecule is CC1(C)C[C@H](C(=O)O[C@@H]2O[C@H](CO[C@@H]3O[C@H](CO)[C@@H](O)[C@H](O)[C@H]3O)[C@@H](O)[C@H](O)[C@H]2O)[C@@H]2CC[C@]3(C)C(=CC[C@@H]4[C@@]5(C)CC[C@@H](O[C@@H]6O[C@H](C(=O)O)[C@@H](O)[C@H](O)[C@H]6O)C(C)(C)[C@@H]5CC[C@]43C)[C@@H]2C1. The molecule has 5 aliphatic carbocycles. The first-order valence-electron chi connectivity index (χ1n) is 24.3. The number of carbonyl (C=O) groups is 2. The van der Waals surface area contributed by atoms with E-state index in [9.17, 15) is 65.8 Å². The van der Waals surface area contributed by atoms with Gasteiger partial charge in [0, 0.05) is 0 Å². The van der Waals surface area contributed by atoms with Gasteiger partial charge < -0.3 is 84.6 Å². The average Bonchev–Trinajstić information content (AvgIpc) is 3.26. The van der Waals surface area contributed by atoms with Crippen LogP contribution in [0.15, 0.2) is 11.6 Å². The van der Waals surface area contributed by atoms with Crippen LogP contribution >= 0.6 is 0 Å². The van der Waals surface area contributed by atoms with Crippen molar-refractivity contribution in [3.8, 4) is 0 Å². The van der Waals surface area contributed by atoms with Gasteiger partial charge in [-0.05, 0) is 109 Å². The van der Waals surface area contributed by atoms with Crippen molar-refractivity contribution in [2.75, 3.05) is 13.2 Å². The third-order valence-corrected chi connectivity index (χ3v) is 19.0. The molecule has 0 aromatic carbocycles. The van der Waals surface area contributed by atoms with Crippen LogP contribution in [0.5, 0.6) is 0 Å². The fourth-order valence-electron chi connectivity index (χ4n) is 15.1. The Labute approximate surface area is 391 Å². The molecular weight excluding hydrogens is 881 g/mol. The third-order valence-electron chi connectivity index (χ3n) is 19.0. The first-order valence-corrected chi connectivity index (χ1v) is 24.3. The molecule has 382 valence electrons. The first kappa shape index (κ1) is 51.4. The van der Waals surface area contributed by atoms with Crippen molar-refractivity contribution in [1.82, 2.24) is 0 Å². The van der Waals surface area contributed by atoms with E-state index in [4.69, 9.17) is 28.4 Å². The van der Waals surface area contributed by atoms with Crippen molar-refractivity contribution in [2.24, 2.45) is 56.7 Å². The molecule has 8 aliphatic rings. The van der Waals surface area contributed by atoms with Crippen LogP contribution in [0, 0.1) is 56.7 Å². The van der Waals surface area contributed by atoms with Crippen LogP contribution in [0.3, 0.4) is 0 Å². The minimum absolute atomic E-state index is 0.0682. The maximum absolute atomic E-state index is 14.5. The van der Waals surface area contributed by atoms with E-state index in [0.717, 1.165) is 44.9 Å². The van der Waals surface area contributed by atoms with E-state index in [1.54, 1.807) is 0 Å². The zero-order chi connectivity index (χ0) is 49.1. The van der Waals surface area contributed by atoms with Gasteiger partial charge in [0.25, 0.3) is 0 Å². The van der Waals surface area contributed by atoms with Crippen LogP contribution in [0.25, 0.3) is 0 Å². The maximum Gasteiger partial charge on any atom is 0.335 e. The smallest absolute Gasteiger partial charge is 0.335 e. The second-order valence-electron chi connectivity index (χ2n) is 23.5. The number of aliphatic hydroxyl groups is 10. The highest BCUT2D eigenvalue weighted by molar-refractivity contribution is 5.74. The van der Waals surface area contributed by atoms with Crippen molar-refractivity contribution in [3.05, 3.63) is 11.6 Å². The topological polar surface area (TPSA) is 312 Å². The van der Waals surface area contributed by atoms with E-state index in [-0.39, 0.29) is 39.4 Å². The molecule has 11 N–H and O–H groups in total. The molecule has 0 radical (unpaired) electrons. The Balaban J connectivity index is 0.972. The molecule has 7 fully saturated rings. The molecule has 3 saturated heterocycles. The molecule has 3 heterocycles. The predicted molar refractivity (Wildman–Crippen MR) is 231 cm³/mol. The van der Waals surface area contributed by atoms with Gasteiger partial charge in [-0.1, -0.05) is 60.1 Å². The molecule has 0 spiro atoms. The van der Waals surface area contributed by atoms with Crippen molar-refractivity contribution >= 4 is 11.9 Å². The van der Waals surface area contributed by atoms with Gasteiger partial charge in [0.05, 0.1) is 25.2 Å². The molecule has 0 unspecified atom stereocenters. The molecule has 0 amide bonds. The number of aliphatic hydroxyl groups excluding tert-OH is 10. The summed E-state index contributed by atoms with van der Waals surface area (Å²) in [7, 11) is 0. The Kier molecular flexibility index (Phi) is 14.0. The number of carboxylic acid groups (broad SMARTS) is 1. The molecule has 8 rings (SSSR count). The highest BCUT2D eigenvalue weighted by atomic mass is 16.7. The van der Waals surface area contributed by atoms with E-state index >= 15 is 0 Å². The van der Waals surface area contributed by atoms with Crippen LogP contribution in [0.4, 0.5) is 0 Å². The summed E-state index contributed by atoms with van der Waals surface area (Å²) in [4.78, 5) is 26.3. The second kappa shape index (κ2) is 18.3. The minimum atomic E-state index is -1.80. The summed E-state index contributed by atoms with van der Waals surface area (Å²) in [5.41, 5.74) is 0.271. The number of fused-ring (bicyclic) bond motifs is 7. The van der Waals surface area contributed by atoms with Gasteiger partial charge in [0.15, 0.2) is 18.7 Å². The Morgan fingerprint density at radius 3 is 1.94 bits per heavy atom. The third kappa shape index (κ3) is 8.44. The largest absolute Gasteiger partial charge is 0.479 e. The number of esters is 1. The van der Waals surface area contributed by atoms with Crippen LogP contribution in [0.1, 0.15) is 106 Å². The van der Waals surface area contributed by atoms with Crippen LogP contribution in [0.2, 0.25) is 0 Å². The Morgan fingerprint density at radius 1 is 0.672 bits per heavy atom. The molecular formula is C48H76O19. The average molecular weight is 957 g/mol. The lowest BCUT2D eigenvalue weighted by Crippen LogP contribution is -2.65. The molecule has 19 nitrogen and oxygen atoms in total. The number of aliphatic carboxylic acids is 1. The number of rotatable bonds is 9. The Bertz CT molecular complexity index is 1860. The molecule has 67 heavy (non-hydrogen) atoms. The summed E-state index contributed by atoms with van der Waals surface area (Å²) in [5, 5.41) is 114.